The van der Waals surface area contributed by atoms with Gasteiger partial charge in [-0.25, -0.2) is 8.42 Å². The fourth-order valence-corrected chi connectivity index (χ4v) is 6.62. The van der Waals surface area contributed by atoms with E-state index in [9.17, 15) is 13.2 Å². The van der Waals surface area contributed by atoms with Crippen molar-refractivity contribution >= 4 is 38.4 Å². The highest BCUT2D eigenvalue weighted by Gasteiger charge is 2.42. The smallest absolute Gasteiger partial charge is 0.251 e. The molecule has 2 heterocycles. The number of nitrogens with zero attached hydrogens (tertiary/aromatic N) is 1. The summed E-state index contributed by atoms with van der Waals surface area (Å²) in [6.07, 6.45) is 0.978. The molecular weight excluding hydrogens is 386 g/mol. The number of hydrogen-bond acceptors (Lipinski definition) is 7. The number of amides is 1. The highest BCUT2D eigenvalue weighted by Crippen LogP contribution is 2.34. The number of sulfone groups is 1. The summed E-state index contributed by atoms with van der Waals surface area (Å²) in [7, 11) is -2.94. The van der Waals surface area contributed by atoms with Crippen molar-refractivity contribution in [2.45, 2.75) is 37.7 Å². The summed E-state index contributed by atoms with van der Waals surface area (Å²) in [6.45, 7) is 5.17. The van der Waals surface area contributed by atoms with E-state index in [1.165, 1.54) is 11.8 Å². The standard InChI is InChI=1S/C18H25N3O4S2/c1-12(2)25-9-3-8-19-17(22)13-4-6-14(7-5-13)20-18-21-15-10-27(23,24)11-16(15)26-18/h4-7,12,15-16H,3,8-11H2,1-2H3,(H,19,22)(H,20,21)/t15-,16-/m1/s1. The lowest BCUT2D eigenvalue weighted by Gasteiger charge is -2.09. The van der Waals surface area contributed by atoms with Crippen molar-refractivity contribution < 1.29 is 17.9 Å². The zero-order valence-electron chi connectivity index (χ0n) is 15.5. The molecule has 3 rings (SSSR count). The van der Waals surface area contributed by atoms with Crippen LogP contribution in [0.1, 0.15) is 30.6 Å². The molecule has 1 aromatic rings. The van der Waals surface area contributed by atoms with E-state index < -0.39 is 9.84 Å². The number of aliphatic imine (C=N–C) groups is 1. The zero-order chi connectivity index (χ0) is 19.4. The van der Waals surface area contributed by atoms with Crippen molar-refractivity contribution in [2.24, 2.45) is 4.99 Å². The van der Waals surface area contributed by atoms with Gasteiger partial charge in [0.2, 0.25) is 0 Å². The van der Waals surface area contributed by atoms with Gasteiger partial charge in [0.15, 0.2) is 15.0 Å². The molecule has 2 atom stereocenters. The summed E-state index contributed by atoms with van der Waals surface area (Å²) in [5, 5.41) is 6.83. The zero-order valence-corrected chi connectivity index (χ0v) is 17.1. The van der Waals surface area contributed by atoms with E-state index in [0.717, 1.165) is 17.3 Å². The Morgan fingerprint density at radius 2 is 2.04 bits per heavy atom. The quantitative estimate of drug-likeness (QED) is 0.666. The molecule has 0 aromatic heterocycles. The molecule has 0 bridgehead atoms. The lowest BCUT2D eigenvalue weighted by atomic mass is 10.2. The van der Waals surface area contributed by atoms with E-state index >= 15 is 0 Å². The van der Waals surface area contributed by atoms with Crippen molar-refractivity contribution in [2.75, 3.05) is 30.0 Å². The van der Waals surface area contributed by atoms with Gasteiger partial charge in [-0.05, 0) is 44.5 Å². The topological polar surface area (TPSA) is 96.9 Å². The molecule has 1 saturated heterocycles. The molecule has 0 radical (unpaired) electrons. The SMILES string of the molecule is CC(C)OCCCNC(=O)c1ccc(NC2=N[C@@H]3CS(=O)(=O)C[C@H]3S2)cc1. The normalized spacial score (nSPS) is 23.1. The second-order valence-corrected chi connectivity index (χ2v) is 10.3. The summed E-state index contributed by atoms with van der Waals surface area (Å²) in [5.41, 5.74) is 1.42. The fraction of sp³-hybridized carbons (Fsp3) is 0.556. The molecule has 1 fully saturated rings. The van der Waals surface area contributed by atoms with E-state index in [1.807, 2.05) is 26.0 Å². The minimum atomic E-state index is -2.94. The summed E-state index contributed by atoms with van der Waals surface area (Å²) in [6, 6.07) is 7.02. The number of rotatable bonds is 7. The van der Waals surface area contributed by atoms with Crippen LogP contribution in [0.4, 0.5) is 5.69 Å². The third-order valence-corrected chi connectivity index (χ3v) is 7.42. The van der Waals surface area contributed by atoms with Gasteiger partial charge in [-0.1, -0.05) is 11.8 Å². The largest absolute Gasteiger partial charge is 0.379 e. The number of nitrogens with one attached hydrogen (secondary N) is 2. The molecule has 7 nitrogen and oxygen atoms in total. The molecule has 2 N–H and O–H groups in total. The highest BCUT2D eigenvalue weighted by atomic mass is 32.2. The molecule has 0 spiro atoms. The molecule has 148 valence electrons. The van der Waals surface area contributed by atoms with Crippen LogP contribution < -0.4 is 10.6 Å². The molecule has 9 heteroatoms. The Bertz CT molecular complexity index is 806. The Labute approximate surface area is 164 Å². The number of carbonyl (C=O) groups is 1. The summed E-state index contributed by atoms with van der Waals surface area (Å²) >= 11 is 1.48. The van der Waals surface area contributed by atoms with Crippen LogP contribution in [0.25, 0.3) is 0 Å². The number of fused-ring (bicyclic) bond motifs is 1. The van der Waals surface area contributed by atoms with Crippen molar-refractivity contribution in [3.63, 3.8) is 0 Å². The van der Waals surface area contributed by atoms with Gasteiger partial charge < -0.3 is 15.4 Å². The first-order valence-electron chi connectivity index (χ1n) is 9.04. The first kappa shape index (κ1) is 20.2. The summed E-state index contributed by atoms with van der Waals surface area (Å²) in [4.78, 5) is 16.6. The van der Waals surface area contributed by atoms with Gasteiger partial charge in [0.25, 0.3) is 5.91 Å². The predicted molar refractivity (Wildman–Crippen MR) is 109 cm³/mol. The lowest BCUT2D eigenvalue weighted by molar-refractivity contribution is 0.0757. The predicted octanol–water partition coefficient (Wildman–Crippen LogP) is 1.91. The van der Waals surface area contributed by atoms with Gasteiger partial charge in [-0.3, -0.25) is 9.79 Å². The maximum Gasteiger partial charge on any atom is 0.251 e. The Hall–Kier alpha value is -1.58. The second kappa shape index (κ2) is 8.62. The second-order valence-electron chi connectivity index (χ2n) is 6.97. The van der Waals surface area contributed by atoms with Gasteiger partial charge in [-0.2, -0.15) is 0 Å². The van der Waals surface area contributed by atoms with E-state index in [4.69, 9.17) is 4.74 Å². The van der Waals surface area contributed by atoms with Crippen molar-refractivity contribution in [3.8, 4) is 0 Å². The van der Waals surface area contributed by atoms with Crippen molar-refractivity contribution in [1.29, 1.82) is 0 Å². The first-order valence-corrected chi connectivity index (χ1v) is 11.7. The molecule has 0 saturated carbocycles. The number of anilines is 1. The Morgan fingerprint density at radius 3 is 2.70 bits per heavy atom. The average Bonchev–Trinajstić information content (AvgIpc) is 3.07. The van der Waals surface area contributed by atoms with Gasteiger partial charge in [0.05, 0.1) is 23.7 Å². The van der Waals surface area contributed by atoms with Crippen LogP contribution in [-0.2, 0) is 14.6 Å². The first-order chi connectivity index (χ1) is 12.8. The Balaban J connectivity index is 1.46. The Morgan fingerprint density at radius 1 is 1.30 bits per heavy atom. The van der Waals surface area contributed by atoms with Crippen LogP contribution in [0.2, 0.25) is 0 Å². The van der Waals surface area contributed by atoms with E-state index in [-0.39, 0.29) is 34.8 Å². The summed E-state index contributed by atoms with van der Waals surface area (Å²) < 4.78 is 28.6. The molecule has 1 aromatic carbocycles. The monoisotopic (exact) mass is 411 g/mol. The average molecular weight is 412 g/mol. The molecule has 0 unspecified atom stereocenters. The number of thioether (sulfide) groups is 1. The van der Waals surface area contributed by atoms with Crippen LogP contribution >= 0.6 is 11.8 Å². The van der Waals surface area contributed by atoms with E-state index in [0.29, 0.717) is 18.7 Å². The Kier molecular flexibility index (Phi) is 6.44. The number of hydrogen-bond donors (Lipinski definition) is 2. The number of benzene rings is 1. The number of ether oxygens (including phenoxy) is 1. The molecular formula is C18H25N3O4S2. The third kappa shape index (κ3) is 5.70. The van der Waals surface area contributed by atoms with Gasteiger partial charge in [-0.15, -0.1) is 0 Å². The van der Waals surface area contributed by atoms with Gasteiger partial charge in [0.1, 0.15) is 0 Å². The van der Waals surface area contributed by atoms with Crippen LogP contribution in [0.15, 0.2) is 29.3 Å². The van der Waals surface area contributed by atoms with Gasteiger partial charge in [0, 0.05) is 29.7 Å². The molecule has 1 amide bonds. The lowest BCUT2D eigenvalue weighted by Crippen LogP contribution is -2.25. The number of amidine groups is 1. The summed E-state index contributed by atoms with van der Waals surface area (Å²) in [5.74, 6) is 0.216. The molecule has 2 aliphatic heterocycles. The van der Waals surface area contributed by atoms with E-state index in [1.54, 1.807) is 12.1 Å². The minimum Gasteiger partial charge on any atom is -0.379 e. The fourth-order valence-electron chi connectivity index (χ4n) is 2.94. The molecule has 27 heavy (non-hydrogen) atoms. The van der Waals surface area contributed by atoms with Gasteiger partial charge >= 0.3 is 0 Å². The minimum absolute atomic E-state index is 0.0160. The van der Waals surface area contributed by atoms with Crippen molar-refractivity contribution in [1.82, 2.24) is 5.32 Å². The van der Waals surface area contributed by atoms with Crippen LogP contribution in [-0.4, -0.2) is 61.5 Å². The maximum absolute atomic E-state index is 12.1. The van der Waals surface area contributed by atoms with Crippen LogP contribution in [0.5, 0.6) is 0 Å². The number of carbonyl (C=O) groups excluding carboxylic acids is 1. The van der Waals surface area contributed by atoms with Crippen molar-refractivity contribution in [3.05, 3.63) is 29.8 Å². The third-order valence-electron chi connectivity index (χ3n) is 4.27. The highest BCUT2D eigenvalue weighted by molar-refractivity contribution is 8.15. The maximum atomic E-state index is 12.1. The molecule has 2 aliphatic rings. The molecule has 0 aliphatic carbocycles. The van der Waals surface area contributed by atoms with Crippen LogP contribution in [0, 0.1) is 0 Å². The van der Waals surface area contributed by atoms with Crippen LogP contribution in [0.3, 0.4) is 0 Å². The van der Waals surface area contributed by atoms with E-state index in [2.05, 4.69) is 15.6 Å².